The molecular formula is C15H16FN3OS. The SMILES string of the molecule is O=C(N[C@H]1CCN(Cc2cncs2)C1)c1ccc(F)cc1. The van der Waals surface area contributed by atoms with Gasteiger partial charge in [-0.25, -0.2) is 4.39 Å². The molecule has 4 nitrogen and oxygen atoms in total. The minimum atomic E-state index is -0.330. The molecule has 1 amide bonds. The Labute approximate surface area is 126 Å². The van der Waals surface area contributed by atoms with Crippen molar-refractivity contribution in [3.05, 3.63) is 52.2 Å². The van der Waals surface area contributed by atoms with Crippen LogP contribution in [0.2, 0.25) is 0 Å². The molecule has 2 heterocycles. The third kappa shape index (κ3) is 3.65. The monoisotopic (exact) mass is 305 g/mol. The van der Waals surface area contributed by atoms with Crippen molar-refractivity contribution >= 4 is 17.2 Å². The molecule has 0 bridgehead atoms. The van der Waals surface area contributed by atoms with Crippen molar-refractivity contribution in [2.45, 2.75) is 19.0 Å². The van der Waals surface area contributed by atoms with Gasteiger partial charge in [-0.3, -0.25) is 14.7 Å². The van der Waals surface area contributed by atoms with Gasteiger partial charge in [0.15, 0.2) is 0 Å². The fraction of sp³-hybridized carbons (Fsp3) is 0.333. The highest BCUT2D eigenvalue weighted by molar-refractivity contribution is 7.09. The molecule has 1 atom stereocenters. The number of amides is 1. The third-order valence-corrected chi connectivity index (χ3v) is 4.34. The topological polar surface area (TPSA) is 45.2 Å². The summed E-state index contributed by atoms with van der Waals surface area (Å²) in [6, 6.07) is 5.78. The van der Waals surface area contributed by atoms with E-state index in [-0.39, 0.29) is 17.8 Å². The first-order valence-corrected chi connectivity index (χ1v) is 7.75. The molecule has 2 aromatic rings. The average molecular weight is 305 g/mol. The Kier molecular flexibility index (Phi) is 4.26. The van der Waals surface area contributed by atoms with Crippen LogP contribution in [0.15, 0.2) is 36.0 Å². The van der Waals surface area contributed by atoms with Gasteiger partial charge in [0.25, 0.3) is 5.91 Å². The quantitative estimate of drug-likeness (QED) is 0.942. The molecule has 1 aliphatic heterocycles. The summed E-state index contributed by atoms with van der Waals surface area (Å²) in [6.45, 7) is 2.69. The number of hydrogen-bond acceptors (Lipinski definition) is 4. The summed E-state index contributed by atoms with van der Waals surface area (Å²) in [5.74, 6) is -0.470. The van der Waals surface area contributed by atoms with Gasteiger partial charge in [0.2, 0.25) is 0 Å². The van der Waals surface area contributed by atoms with E-state index in [4.69, 9.17) is 0 Å². The van der Waals surface area contributed by atoms with Crippen LogP contribution in [0.4, 0.5) is 4.39 Å². The van der Waals surface area contributed by atoms with E-state index in [1.54, 1.807) is 11.3 Å². The largest absolute Gasteiger partial charge is 0.348 e. The second-order valence-electron chi connectivity index (χ2n) is 5.17. The molecule has 1 saturated heterocycles. The lowest BCUT2D eigenvalue weighted by Gasteiger charge is -2.15. The lowest BCUT2D eigenvalue weighted by molar-refractivity contribution is 0.0937. The first-order valence-electron chi connectivity index (χ1n) is 6.87. The number of aromatic nitrogens is 1. The van der Waals surface area contributed by atoms with E-state index in [1.807, 2.05) is 11.7 Å². The maximum Gasteiger partial charge on any atom is 0.251 e. The summed E-state index contributed by atoms with van der Waals surface area (Å²) < 4.78 is 12.8. The van der Waals surface area contributed by atoms with Gasteiger partial charge in [0, 0.05) is 42.3 Å². The first kappa shape index (κ1) is 14.2. The molecule has 0 spiro atoms. The zero-order valence-electron chi connectivity index (χ0n) is 11.5. The standard InChI is InChI=1S/C15H16FN3OS/c16-12-3-1-11(2-4-12)15(20)18-13-5-6-19(8-13)9-14-7-17-10-21-14/h1-4,7,10,13H,5-6,8-9H2,(H,18,20)/t13-/m0/s1. The number of hydrogen-bond donors (Lipinski definition) is 1. The van der Waals surface area contributed by atoms with E-state index in [9.17, 15) is 9.18 Å². The van der Waals surface area contributed by atoms with E-state index < -0.39 is 0 Å². The fourth-order valence-electron chi connectivity index (χ4n) is 2.50. The number of halogens is 1. The van der Waals surface area contributed by atoms with Gasteiger partial charge < -0.3 is 5.32 Å². The molecule has 0 radical (unpaired) electrons. The summed E-state index contributed by atoms with van der Waals surface area (Å²) >= 11 is 1.65. The predicted octanol–water partition coefficient (Wildman–Crippen LogP) is 2.29. The Morgan fingerprint density at radius 2 is 2.24 bits per heavy atom. The Hall–Kier alpha value is -1.79. The summed E-state index contributed by atoms with van der Waals surface area (Å²) in [6.07, 6.45) is 2.82. The van der Waals surface area contributed by atoms with Crippen molar-refractivity contribution in [3.63, 3.8) is 0 Å². The summed E-state index contributed by atoms with van der Waals surface area (Å²) in [5.41, 5.74) is 2.33. The highest BCUT2D eigenvalue weighted by Crippen LogP contribution is 2.16. The number of benzene rings is 1. The first-order chi connectivity index (χ1) is 10.2. The van der Waals surface area contributed by atoms with Crippen molar-refractivity contribution in [3.8, 4) is 0 Å². The summed E-state index contributed by atoms with van der Waals surface area (Å²) in [7, 11) is 0. The molecule has 21 heavy (non-hydrogen) atoms. The van der Waals surface area contributed by atoms with Gasteiger partial charge >= 0.3 is 0 Å². The highest BCUT2D eigenvalue weighted by atomic mass is 32.1. The predicted molar refractivity (Wildman–Crippen MR) is 79.7 cm³/mol. The van der Waals surface area contributed by atoms with Crippen LogP contribution in [-0.2, 0) is 6.54 Å². The summed E-state index contributed by atoms with van der Waals surface area (Å²) in [5, 5.41) is 3.01. The number of likely N-dealkylation sites (tertiary alicyclic amines) is 1. The molecule has 0 saturated carbocycles. The van der Waals surface area contributed by atoms with Gasteiger partial charge in [-0.2, -0.15) is 0 Å². The molecule has 1 fully saturated rings. The Morgan fingerprint density at radius 1 is 1.43 bits per heavy atom. The molecule has 1 N–H and O–H groups in total. The molecule has 0 aliphatic carbocycles. The number of carbonyl (C=O) groups is 1. The molecule has 0 unspecified atom stereocenters. The number of thiazole rings is 1. The fourth-order valence-corrected chi connectivity index (χ4v) is 3.14. The third-order valence-electron chi connectivity index (χ3n) is 3.58. The van der Waals surface area contributed by atoms with Gasteiger partial charge in [-0.15, -0.1) is 11.3 Å². The van der Waals surface area contributed by atoms with Gasteiger partial charge in [0.1, 0.15) is 5.82 Å². The van der Waals surface area contributed by atoms with Crippen molar-refractivity contribution in [2.75, 3.05) is 13.1 Å². The maximum absolute atomic E-state index is 12.8. The van der Waals surface area contributed by atoms with Crippen LogP contribution in [0.25, 0.3) is 0 Å². The smallest absolute Gasteiger partial charge is 0.251 e. The van der Waals surface area contributed by atoms with Crippen LogP contribution in [0.5, 0.6) is 0 Å². The number of rotatable bonds is 4. The van der Waals surface area contributed by atoms with Crippen molar-refractivity contribution in [1.29, 1.82) is 0 Å². The van der Waals surface area contributed by atoms with Gasteiger partial charge in [-0.05, 0) is 30.7 Å². The van der Waals surface area contributed by atoms with Crippen molar-refractivity contribution < 1.29 is 9.18 Å². The minimum Gasteiger partial charge on any atom is -0.348 e. The van der Waals surface area contributed by atoms with E-state index >= 15 is 0 Å². The van der Waals surface area contributed by atoms with Crippen LogP contribution in [0.1, 0.15) is 21.7 Å². The van der Waals surface area contributed by atoms with E-state index in [2.05, 4.69) is 15.2 Å². The number of nitrogens with one attached hydrogen (secondary N) is 1. The van der Waals surface area contributed by atoms with Crippen LogP contribution in [0, 0.1) is 5.82 Å². The molecule has 6 heteroatoms. The van der Waals surface area contributed by atoms with E-state index in [0.717, 1.165) is 26.1 Å². The zero-order chi connectivity index (χ0) is 14.7. The van der Waals surface area contributed by atoms with Crippen molar-refractivity contribution in [2.24, 2.45) is 0 Å². The zero-order valence-corrected chi connectivity index (χ0v) is 12.3. The minimum absolute atomic E-state index is 0.139. The average Bonchev–Trinajstić information content (AvgIpc) is 3.12. The second-order valence-corrected chi connectivity index (χ2v) is 6.14. The Morgan fingerprint density at radius 3 is 2.95 bits per heavy atom. The molecule has 3 rings (SSSR count). The molecule has 1 aliphatic rings. The van der Waals surface area contributed by atoms with Gasteiger partial charge in [-0.1, -0.05) is 0 Å². The Bertz CT molecular complexity index is 600. The summed E-state index contributed by atoms with van der Waals surface area (Å²) in [4.78, 5) is 19.7. The second kappa shape index (κ2) is 6.32. The lowest BCUT2D eigenvalue weighted by atomic mass is 10.2. The van der Waals surface area contributed by atoms with Crippen LogP contribution < -0.4 is 5.32 Å². The van der Waals surface area contributed by atoms with Crippen LogP contribution in [0.3, 0.4) is 0 Å². The van der Waals surface area contributed by atoms with Gasteiger partial charge in [0.05, 0.1) is 5.51 Å². The molecule has 1 aromatic carbocycles. The van der Waals surface area contributed by atoms with E-state index in [1.165, 1.54) is 29.1 Å². The molecule has 110 valence electrons. The van der Waals surface area contributed by atoms with Crippen LogP contribution >= 0.6 is 11.3 Å². The van der Waals surface area contributed by atoms with Crippen molar-refractivity contribution in [1.82, 2.24) is 15.2 Å². The molecule has 1 aromatic heterocycles. The number of carbonyl (C=O) groups excluding carboxylic acids is 1. The molecular weight excluding hydrogens is 289 g/mol. The maximum atomic E-state index is 12.8. The Balaban J connectivity index is 1.52. The van der Waals surface area contributed by atoms with E-state index in [0.29, 0.717) is 5.56 Å². The normalized spacial score (nSPS) is 18.8. The highest BCUT2D eigenvalue weighted by Gasteiger charge is 2.24. The lowest BCUT2D eigenvalue weighted by Crippen LogP contribution is -2.36. The number of nitrogens with zero attached hydrogens (tertiary/aromatic N) is 2. The van der Waals surface area contributed by atoms with Crippen LogP contribution in [-0.4, -0.2) is 34.9 Å².